The second kappa shape index (κ2) is 7.64. The molecule has 0 atom stereocenters. The van der Waals surface area contributed by atoms with Crippen molar-refractivity contribution in [1.82, 2.24) is 24.6 Å². The molecule has 4 aromatic rings. The fraction of sp³-hybridized carbons (Fsp3) is 0.333. The zero-order chi connectivity index (χ0) is 20.7. The number of benzene rings is 1. The smallest absolute Gasteiger partial charge is 0.214 e. The molecular formula is C21H22FN7S. The van der Waals surface area contributed by atoms with Gasteiger partial charge in [-0.05, 0) is 51.0 Å². The molecule has 0 spiro atoms. The lowest BCUT2D eigenvalue weighted by atomic mass is 10.1. The lowest BCUT2D eigenvalue weighted by molar-refractivity contribution is 0.522. The van der Waals surface area contributed by atoms with Crippen molar-refractivity contribution in [3.05, 3.63) is 53.9 Å². The van der Waals surface area contributed by atoms with Gasteiger partial charge in [0.05, 0.1) is 11.9 Å². The Bertz CT molecular complexity index is 1120. The number of piperidine rings is 1. The van der Waals surface area contributed by atoms with Crippen LogP contribution in [0.2, 0.25) is 0 Å². The number of nitrogens with one attached hydrogen (secondary N) is 1. The third-order valence-corrected chi connectivity index (χ3v) is 6.14. The van der Waals surface area contributed by atoms with Crippen LogP contribution < -0.4 is 10.2 Å². The number of fused-ring (bicyclic) bond motifs is 1. The Hall–Kier alpha value is -3.07. The van der Waals surface area contributed by atoms with Gasteiger partial charge < -0.3 is 10.2 Å². The summed E-state index contributed by atoms with van der Waals surface area (Å²) in [5, 5.41) is 9.05. The minimum Gasteiger partial charge on any atom is -0.357 e. The molecule has 1 aromatic carbocycles. The first kappa shape index (κ1) is 18.9. The van der Waals surface area contributed by atoms with E-state index in [0.29, 0.717) is 6.04 Å². The largest absolute Gasteiger partial charge is 0.357 e. The summed E-state index contributed by atoms with van der Waals surface area (Å²) >= 11 is 1.53. The van der Waals surface area contributed by atoms with Gasteiger partial charge in [0.1, 0.15) is 17.5 Å². The molecule has 0 bridgehead atoms. The van der Waals surface area contributed by atoms with E-state index in [4.69, 9.17) is 0 Å². The Balaban J connectivity index is 1.23. The molecule has 154 valence electrons. The summed E-state index contributed by atoms with van der Waals surface area (Å²) < 4.78 is 14.9. The first-order valence-electron chi connectivity index (χ1n) is 9.99. The molecule has 1 aliphatic rings. The van der Waals surface area contributed by atoms with Gasteiger partial charge >= 0.3 is 0 Å². The van der Waals surface area contributed by atoms with Crippen LogP contribution in [0.25, 0.3) is 16.2 Å². The predicted molar refractivity (Wildman–Crippen MR) is 117 cm³/mol. The highest BCUT2D eigenvalue weighted by Crippen LogP contribution is 2.27. The molecule has 1 saturated heterocycles. The van der Waals surface area contributed by atoms with Crippen LogP contribution in [0.4, 0.5) is 15.3 Å². The predicted octanol–water partition coefficient (Wildman–Crippen LogP) is 4.08. The molecule has 4 heterocycles. The zero-order valence-electron chi connectivity index (χ0n) is 16.8. The van der Waals surface area contributed by atoms with Crippen LogP contribution in [-0.2, 0) is 0 Å². The number of anilines is 2. The fourth-order valence-corrected chi connectivity index (χ4v) is 4.66. The molecule has 30 heavy (non-hydrogen) atoms. The van der Waals surface area contributed by atoms with Gasteiger partial charge in [-0.2, -0.15) is 0 Å². The van der Waals surface area contributed by atoms with Crippen LogP contribution >= 0.6 is 11.3 Å². The number of aromatic nitrogens is 5. The van der Waals surface area contributed by atoms with Crippen LogP contribution in [0.15, 0.2) is 36.5 Å². The summed E-state index contributed by atoms with van der Waals surface area (Å²) in [4.78, 5) is 16.7. The summed E-state index contributed by atoms with van der Waals surface area (Å²) in [5.41, 5.74) is 2.68. The quantitative estimate of drug-likeness (QED) is 0.533. The van der Waals surface area contributed by atoms with E-state index >= 15 is 0 Å². The van der Waals surface area contributed by atoms with Crippen molar-refractivity contribution in [3.63, 3.8) is 0 Å². The summed E-state index contributed by atoms with van der Waals surface area (Å²) in [5.74, 6) is 1.58. The molecule has 9 heteroatoms. The lowest BCUT2D eigenvalue weighted by Crippen LogP contribution is -2.39. The first-order chi connectivity index (χ1) is 14.5. The molecular weight excluding hydrogens is 401 g/mol. The molecule has 7 nitrogen and oxygen atoms in total. The van der Waals surface area contributed by atoms with E-state index in [9.17, 15) is 4.39 Å². The number of rotatable bonds is 4. The maximum Gasteiger partial charge on any atom is 0.214 e. The topological polar surface area (TPSA) is 71.2 Å². The second-order valence-electron chi connectivity index (χ2n) is 7.59. The van der Waals surface area contributed by atoms with E-state index in [1.807, 2.05) is 20.0 Å². The molecule has 0 radical (unpaired) electrons. The van der Waals surface area contributed by atoms with Crippen LogP contribution in [0.5, 0.6) is 0 Å². The van der Waals surface area contributed by atoms with Crippen molar-refractivity contribution in [2.75, 3.05) is 23.3 Å². The molecule has 0 unspecified atom stereocenters. The van der Waals surface area contributed by atoms with Crippen LogP contribution in [0, 0.1) is 19.7 Å². The van der Waals surface area contributed by atoms with E-state index in [1.165, 1.54) is 23.5 Å². The molecule has 1 N–H and O–H groups in total. The highest BCUT2D eigenvalue weighted by Gasteiger charge is 2.22. The van der Waals surface area contributed by atoms with Crippen molar-refractivity contribution in [1.29, 1.82) is 0 Å². The van der Waals surface area contributed by atoms with E-state index in [1.54, 1.807) is 16.6 Å². The Labute approximate surface area is 177 Å². The Morgan fingerprint density at radius 3 is 2.53 bits per heavy atom. The third kappa shape index (κ3) is 3.85. The summed E-state index contributed by atoms with van der Waals surface area (Å²) in [7, 11) is 0. The number of imidazole rings is 1. The van der Waals surface area contributed by atoms with Crippen molar-refractivity contribution in [2.45, 2.75) is 32.7 Å². The third-order valence-electron chi connectivity index (χ3n) is 5.28. The van der Waals surface area contributed by atoms with Crippen molar-refractivity contribution in [3.8, 4) is 11.3 Å². The average Bonchev–Trinajstić information content (AvgIpc) is 3.27. The standard InChI is InChI=1S/C21H22FN7S/c1-13-11-19(24-14(2)23-13)28-9-7-17(8-10-28)25-20-27-29-12-18(26-21(29)30-20)15-3-5-16(22)6-4-15/h3-6,11-12,17H,7-10H2,1-2H3,(H,25,27). The van der Waals surface area contributed by atoms with E-state index < -0.39 is 0 Å². The molecule has 0 saturated carbocycles. The molecule has 1 aliphatic heterocycles. The van der Waals surface area contributed by atoms with Crippen LogP contribution in [0.3, 0.4) is 0 Å². The Morgan fingerprint density at radius 2 is 1.83 bits per heavy atom. The summed E-state index contributed by atoms with van der Waals surface area (Å²) in [6.07, 6.45) is 3.92. The highest BCUT2D eigenvalue weighted by atomic mass is 32.1. The minimum atomic E-state index is -0.250. The van der Waals surface area contributed by atoms with Gasteiger partial charge in [-0.1, -0.05) is 11.3 Å². The first-order valence-corrected chi connectivity index (χ1v) is 10.8. The monoisotopic (exact) mass is 423 g/mol. The maximum atomic E-state index is 13.1. The van der Waals surface area contributed by atoms with E-state index in [-0.39, 0.29) is 5.82 Å². The zero-order valence-corrected chi connectivity index (χ0v) is 17.7. The molecule has 3 aromatic heterocycles. The van der Waals surface area contributed by atoms with E-state index in [2.05, 4.69) is 36.3 Å². The summed E-state index contributed by atoms with van der Waals surface area (Å²) in [6.45, 7) is 5.84. The number of hydrogen-bond donors (Lipinski definition) is 1. The average molecular weight is 424 g/mol. The van der Waals surface area contributed by atoms with Gasteiger partial charge in [-0.15, -0.1) is 5.10 Å². The Morgan fingerprint density at radius 1 is 1.07 bits per heavy atom. The number of halogens is 1. The van der Waals surface area contributed by atoms with Gasteiger partial charge in [0.25, 0.3) is 0 Å². The fourth-order valence-electron chi connectivity index (χ4n) is 3.81. The second-order valence-corrected chi connectivity index (χ2v) is 8.54. The van der Waals surface area contributed by atoms with Crippen molar-refractivity contribution in [2.24, 2.45) is 0 Å². The summed E-state index contributed by atoms with van der Waals surface area (Å²) in [6, 6.07) is 8.77. The van der Waals surface area contributed by atoms with Crippen molar-refractivity contribution < 1.29 is 4.39 Å². The van der Waals surface area contributed by atoms with Gasteiger partial charge in [0.2, 0.25) is 10.1 Å². The molecule has 0 amide bonds. The van der Waals surface area contributed by atoms with Crippen LogP contribution in [-0.4, -0.2) is 43.7 Å². The molecule has 5 rings (SSSR count). The van der Waals surface area contributed by atoms with Gasteiger partial charge in [0.15, 0.2) is 0 Å². The molecule has 1 fully saturated rings. The molecule has 0 aliphatic carbocycles. The van der Waals surface area contributed by atoms with Gasteiger partial charge in [-0.3, -0.25) is 0 Å². The SMILES string of the molecule is Cc1cc(N2CCC(Nc3nn4cc(-c5ccc(F)cc5)nc4s3)CC2)nc(C)n1. The van der Waals surface area contributed by atoms with Gasteiger partial charge in [-0.25, -0.2) is 23.9 Å². The number of aryl methyl sites for hydroxylation is 2. The normalized spacial score (nSPS) is 15.1. The number of nitrogens with zero attached hydrogens (tertiary/aromatic N) is 6. The van der Waals surface area contributed by atoms with Crippen LogP contribution in [0.1, 0.15) is 24.4 Å². The minimum absolute atomic E-state index is 0.250. The van der Waals surface area contributed by atoms with E-state index in [0.717, 1.165) is 64.6 Å². The lowest BCUT2D eigenvalue weighted by Gasteiger charge is -2.33. The van der Waals surface area contributed by atoms with Gasteiger partial charge in [0, 0.05) is 36.5 Å². The number of hydrogen-bond acceptors (Lipinski definition) is 7. The maximum absolute atomic E-state index is 13.1. The Kier molecular flexibility index (Phi) is 4.82. The van der Waals surface area contributed by atoms with Crippen molar-refractivity contribution >= 4 is 27.2 Å². The highest BCUT2D eigenvalue weighted by molar-refractivity contribution is 7.20.